The van der Waals surface area contributed by atoms with Crippen LogP contribution in [0, 0.1) is 0 Å². The summed E-state index contributed by atoms with van der Waals surface area (Å²) in [4.78, 5) is 24.2. The summed E-state index contributed by atoms with van der Waals surface area (Å²) < 4.78 is 1.73. The SMILES string of the molecule is Cn1c(CNC(=O)C=Cc2ccccc2Cl)nnc1SCC(=O)Nc1ccc(Cl)cc1. The predicted molar refractivity (Wildman–Crippen MR) is 124 cm³/mol. The van der Waals surface area contributed by atoms with Crippen molar-refractivity contribution < 1.29 is 9.59 Å². The molecule has 0 bridgehead atoms. The Morgan fingerprint density at radius 1 is 1.10 bits per heavy atom. The van der Waals surface area contributed by atoms with Crippen LogP contribution >= 0.6 is 35.0 Å². The van der Waals surface area contributed by atoms with Crippen LogP contribution < -0.4 is 10.6 Å². The molecule has 2 N–H and O–H groups in total. The van der Waals surface area contributed by atoms with E-state index < -0.39 is 0 Å². The van der Waals surface area contributed by atoms with E-state index in [1.165, 1.54) is 17.8 Å². The maximum atomic E-state index is 12.1. The third kappa shape index (κ3) is 6.85. The average molecular weight is 476 g/mol. The monoisotopic (exact) mass is 475 g/mol. The lowest BCUT2D eigenvalue weighted by molar-refractivity contribution is -0.116. The molecule has 0 atom stereocenters. The number of carbonyl (C=O) groups is 2. The van der Waals surface area contributed by atoms with Gasteiger partial charge in [-0.05, 0) is 42.0 Å². The van der Waals surface area contributed by atoms with E-state index in [-0.39, 0.29) is 24.1 Å². The Morgan fingerprint density at radius 3 is 2.58 bits per heavy atom. The fourth-order valence-corrected chi connectivity index (χ4v) is 3.54. The molecule has 0 aliphatic rings. The van der Waals surface area contributed by atoms with Gasteiger partial charge in [0.15, 0.2) is 11.0 Å². The van der Waals surface area contributed by atoms with Crippen LogP contribution in [0.5, 0.6) is 0 Å². The Morgan fingerprint density at radius 2 is 1.84 bits per heavy atom. The van der Waals surface area contributed by atoms with E-state index in [4.69, 9.17) is 23.2 Å². The number of nitrogens with zero attached hydrogens (tertiary/aromatic N) is 3. The number of benzene rings is 2. The zero-order valence-electron chi connectivity index (χ0n) is 16.5. The molecule has 2 amide bonds. The highest BCUT2D eigenvalue weighted by Gasteiger charge is 2.12. The number of amides is 2. The van der Waals surface area contributed by atoms with Crippen LogP contribution in [-0.4, -0.2) is 32.3 Å². The molecule has 0 aliphatic carbocycles. The summed E-state index contributed by atoms with van der Waals surface area (Å²) in [5.74, 6) is 0.288. The molecule has 10 heteroatoms. The summed E-state index contributed by atoms with van der Waals surface area (Å²) in [5.41, 5.74) is 1.43. The summed E-state index contributed by atoms with van der Waals surface area (Å²) in [7, 11) is 1.78. The van der Waals surface area contributed by atoms with Gasteiger partial charge in [-0.1, -0.05) is 53.2 Å². The summed E-state index contributed by atoms with van der Waals surface area (Å²) in [6.45, 7) is 0.201. The Balaban J connectivity index is 1.48. The van der Waals surface area contributed by atoms with Gasteiger partial charge in [-0.15, -0.1) is 10.2 Å². The first-order valence-electron chi connectivity index (χ1n) is 9.19. The molecule has 3 rings (SSSR count). The van der Waals surface area contributed by atoms with E-state index in [9.17, 15) is 9.59 Å². The van der Waals surface area contributed by atoms with E-state index in [1.54, 1.807) is 48.0 Å². The van der Waals surface area contributed by atoms with Gasteiger partial charge in [0, 0.05) is 28.9 Å². The lowest BCUT2D eigenvalue weighted by Crippen LogP contribution is -2.22. The van der Waals surface area contributed by atoms with Gasteiger partial charge in [-0.2, -0.15) is 0 Å². The molecule has 0 aliphatic heterocycles. The molecule has 160 valence electrons. The van der Waals surface area contributed by atoms with Crippen LogP contribution in [0.1, 0.15) is 11.4 Å². The van der Waals surface area contributed by atoms with E-state index in [0.717, 1.165) is 5.56 Å². The Bertz CT molecular complexity index is 1100. The van der Waals surface area contributed by atoms with Crippen LogP contribution in [0.25, 0.3) is 6.08 Å². The highest BCUT2D eigenvalue weighted by atomic mass is 35.5. The number of carbonyl (C=O) groups excluding carboxylic acids is 2. The summed E-state index contributed by atoms with van der Waals surface area (Å²) >= 11 is 13.2. The van der Waals surface area contributed by atoms with Crippen molar-refractivity contribution in [1.82, 2.24) is 20.1 Å². The highest BCUT2D eigenvalue weighted by Crippen LogP contribution is 2.18. The van der Waals surface area contributed by atoms with E-state index in [2.05, 4.69) is 20.8 Å². The number of aromatic nitrogens is 3. The van der Waals surface area contributed by atoms with Crippen LogP contribution in [0.4, 0.5) is 5.69 Å². The van der Waals surface area contributed by atoms with Crippen molar-refractivity contribution >= 4 is 58.5 Å². The molecule has 3 aromatic rings. The van der Waals surface area contributed by atoms with Gasteiger partial charge >= 0.3 is 0 Å². The van der Waals surface area contributed by atoms with Gasteiger partial charge in [0.1, 0.15) is 0 Å². The minimum absolute atomic E-state index is 0.168. The van der Waals surface area contributed by atoms with E-state index in [0.29, 0.717) is 26.7 Å². The first kappa shape index (κ1) is 22.9. The molecule has 0 saturated carbocycles. The summed E-state index contributed by atoms with van der Waals surface area (Å²) in [6.07, 6.45) is 3.06. The number of hydrogen-bond donors (Lipinski definition) is 2. The molecule has 0 radical (unpaired) electrons. The quantitative estimate of drug-likeness (QED) is 0.376. The first-order chi connectivity index (χ1) is 14.9. The van der Waals surface area contributed by atoms with Crippen molar-refractivity contribution in [1.29, 1.82) is 0 Å². The summed E-state index contributed by atoms with van der Waals surface area (Å²) in [5, 5.41) is 15.4. The number of rotatable bonds is 8. The highest BCUT2D eigenvalue weighted by molar-refractivity contribution is 7.99. The molecular weight excluding hydrogens is 457 g/mol. The second-order valence-electron chi connectivity index (χ2n) is 6.37. The van der Waals surface area contributed by atoms with Gasteiger partial charge in [-0.3, -0.25) is 9.59 Å². The van der Waals surface area contributed by atoms with Crippen LogP contribution in [0.15, 0.2) is 59.8 Å². The maximum Gasteiger partial charge on any atom is 0.244 e. The van der Waals surface area contributed by atoms with Crippen LogP contribution in [0.2, 0.25) is 10.0 Å². The number of halogens is 2. The normalized spacial score (nSPS) is 10.9. The van der Waals surface area contributed by atoms with Gasteiger partial charge in [0.2, 0.25) is 11.8 Å². The van der Waals surface area contributed by atoms with Crippen molar-refractivity contribution in [3.8, 4) is 0 Å². The topological polar surface area (TPSA) is 88.9 Å². The number of hydrogen-bond acceptors (Lipinski definition) is 5. The number of anilines is 1. The second-order valence-corrected chi connectivity index (χ2v) is 8.16. The summed E-state index contributed by atoms with van der Waals surface area (Å²) in [6, 6.07) is 14.1. The molecule has 0 fully saturated rings. The fraction of sp³-hybridized carbons (Fsp3) is 0.143. The van der Waals surface area contributed by atoms with Crippen LogP contribution in [0.3, 0.4) is 0 Å². The molecule has 0 saturated heterocycles. The molecule has 31 heavy (non-hydrogen) atoms. The number of nitrogens with one attached hydrogen (secondary N) is 2. The first-order valence-corrected chi connectivity index (χ1v) is 10.9. The Kier molecular flexibility index (Phi) is 8.11. The number of thioether (sulfide) groups is 1. The zero-order chi connectivity index (χ0) is 22.2. The molecule has 0 spiro atoms. The minimum atomic E-state index is -0.278. The standard InChI is InChI=1S/C21H19Cl2N5O2S/c1-28-18(12-24-19(29)11-6-14-4-2-3-5-17(14)23)26-27-21(28)31-13-20(30)25-16-9-7-15(22)8-10-16/h2-11H,12-13H2,1H3,(H,24,29)(H,25,30). The Labute approximate surface area is 193 Å². The van der Waals surface area contributed by atoms with Crippen molar-refractivity contribution in [3.63, 3.8) is 0 Å². The molecule has 7 nitrogen and oxygen atoms in total. The molecule has 0 unspecified atom stereocenters. The lowest BCUT2D eigenvalue weighted by atomic mass is 10.2. The van der Waals surface area contributed by atoms with Crippen LogP contribution in [-0.2, 0) is 23.2 Å². The van der Waals surface area contributed by atoms with Crippen molar-refractivity contribution in [3.05, 3.63) is 76.0 Å². The maximum absolute atomic E-state index is 12.1. The van der Waals surface area contributed by atoms with Gasteiger partial charge in [0.05, 0.1) is 12.3 Å². The zero-order valence-corrected chi connectivity index (χ0v) is 18.8. The van der Waals surface area contributed by atoms with Gasteiger partial charge in [-0.25, -0.2) is 0 Å². The van der Waals surface area contributed by atoms with Gasteiger partial charge in [0.25, 0.3) is 0 Å². The molecule has 2 aromatic carbocycles. The average Bonchev–Trinajstić information content (AvgIpc) is 3.11. The predicted octanol–water partition coefficient (Wildman–Crippen LogP) is 4.18. The fourth-order valence-electron chi connectivity index (χ4n) is 2.49. The van der Waals surface area contributed by atoms with Gasteiger partial charge < -0.3 is 15.2 Å². The third-order valence-electron chi connectivity index (χ3n) is 4.13. The lowest BCUT2D eigenvalue weighted by Gasteiger charge is -2.06. The Hall–Kier alpha value is -2.81. The smallest absolute Gasteiger partial charge is 0.244 e. The van der Waals surface area contributed by atoms with E-state index >= 15 is 0 Å². The van der Waals surface area contributed by atoms with Crippen molar-refractivity contribution in [2.45, 2.75) is 11.7 Å². The molecule has 1 heterocycles. The largest absolute Gasteiger partial charge is 0.345 e. The minimum Gasteiger partial charge on any atom is -0.345 e. The second kappa shape index (κ2) is 11.0. The van der Waals surface area contributed by atoms with E-state index in [1.807, 2.05) is 18.2 Å². The third-order valence-corrected chi connectivity index (χ3v) is 5.74. The molecular formula is C21H19Cl2N5O2S. The van der Waals surface area contributed by atoms with Crippen molar-refractivity contribution in [2.24, 2.45) is 7.05 Å². The van der Waals surface area contributed by atoms with Crippen molar-refractivity contribution in [2.75, 3.05) is 11.1 Å². The molecule has 1 aromatic heterocycles.